The molecular weight excluding hydrogens is 431 g/mol. The van der Waals surface area contributed by atoms with Gasteiger partial charge in [0.1, 0.15) is 10.7 Å². The van der Waals surface area contributed by atoms with E-state index in [2.05, 4.69) is 25.2 Å². The number of hydrogen-bond donors (Lipinski definition) is 2. The van der Waals surface area contributed by atoms with Gasteiger partial charge >= 0.3 is 6.18 Å². The van der Waals surface area contributed by atoms with Gasteiger partial charge in [-0.25, -0.2) is 0 Å². The second-order valence-electron chi connectivity index (χ2n) is 6.22. The predicted octanol–water partition coefficient (Wildman–Crippen LogP) is 1.34. The summed E-state index contributed by atoms with van der Waals surface area (Å²) in [6, 6.07) is 2.73. The van der Waals surface area contributed by atoms with Crippen LogP contribution in [0.25, 0.3) is 0 Å². The quantitative estimate of drug-likeness (QED) is 0.660. The van der Waals surface area contributed by atoms with Gasteiger partial charge in [0.05, 0.1) is 18.8 Å². The fourth-order valence-corrected chi connectivity index (χ4v) is 3.00. The lowest BCUT2D eigenvalue weighted by atomic mass is 10.1. The summed E-state index contributed by atoms with van der Waals surface area (Å²) in [5.41, 5.74) is 1.00. The van der Waals surface area contributed by atoms with E-state index in [1.54, 1.807) is 0 Å². The molecule has 3 rings (SSSR count). The van der Waals surface area contributed by atoms with Crippen molar-refractivity contribution in [3.63, 3.8) is 0 Å². The second-order valence-corrected chi connectivity index (χ2v) is 6.63. The van der Waals surface area contributed by atoms with Crippen LogP contribution >= 0.6 is 11.6 Å². The third-order valence-corrected chi connectivity index (χ3v) is 4.30. The van der Waals surface area contributed by atoms with E-state index in [4.69, 9.17) is 16.7 Å². The van der Waals surface area contributed by atoms with E-state index in [-0.39, 0.29) is 48.6 Å². The maximum Gasteiger partial charge on any atom is 0.422 e. The first-order chi connectivity index (χ1) is 14.2. The summed E-state index contributed by atoms with van der Waals surface area (Å²) in [7, 11) is 0. The molecule has 160 valence electrons. The number of nitrogens with zero attached hydrogens (tertiary/aromatic N) is 4. The van der Waals surface area contributed by atoms with Crippen molar-refractivity contribution in [3.05, 3.63) is 45.9 Å². The van der Waals surface area contributed by atoms with Gasteiger partial charge in [-0.2, -0.15) is 13.2 Å². The van der Waals surface area contributed by atoms with Crippen molar-refractivity contribution >= 4 is 23.4 Å². The monoisotopic (exact) mass is 445 g/mol. The van der Waals surface area contributed by atoms with Gasteiger partial charge in [-0.3, -0.25) is 14.6 Å². The second kappa shape index (κ2) is 8.79. The molecule has 2 amide bonds. The number of nitrogens with one attached hydrogen (secondary N) is 1. The first-order valence-electron chi connectivity index (χ1n) is 8.57. The highest BCUT2D eigenvalue weighted by Gasteiger charge is 2.32. The van der Waals surface area contributed by atoms with Crippen LogP contribution in [0.3, 0.4) is 0 Å². The standard InChI is InChI=1S/C17H15ClF3N5O4/c18-12-5-9(24-25-15(12)30-8-17(19,20)21)6-26-7-11-10(16(26)29)1-2-22-13(11)14(28)23-3-4-27/h1-2,5,27H,3-4,6-8H2,(H,23,28). The number of carbonyl (C=O) groups excluding carboxylic acids is 2. The van der Waals surface area contributed by atoms with Crippen molar-refractivity contribution in [2.24, 2.45) is 0 Å². The normalized spacial score (nSPS) is 13.4. The summed E-state index contributed by atoms with van der Waals surface area (Å²) in [6.45, 7) is -1.74. The van der Waals surface area contributed by atoms with Crippen molar-refractivity contribution in [3.8, 4) is 5.88 Å². The Labute approximate surface area is 172 Å². The third kappa shape index (κ3) is 4.94. The molecule has 1 aliphatic rings. The number of fused-ring (bicyclic) bond motifs is 1. The van der Waals surface area contributed by atoms with E-state index in [1.807, 2.05) is 0 Å². The Kier molecular flexibility index (Phi) is 6.37. The van der Waals surface area contributed by atoms with Gasteiger partial charge < -0.3 is 20.1 Å². The molecule has 0 unspecified atom stereocenters. The average Bonchev–Trinajstić information content (AvgIpc) is 3.00. The van der Waals surface area contributed by atoms with Gasteiger partial charge in [0.2, 0.25) is 0 Å². The van der Waals surface area contributed by atoms with Crippen molar-refractivity contribution in [1.29, 1.82) is 0 Å². The first-order valence-corrected chi connectivity index (χ1v) is 8.95. The lowest BCUT2D eigenvalue weighted by molar-refractivity contribution is -0.154. The highest BCUT2D eigenvalue weighted by Crippen LogP contribution is 2.28. The SMILES string of the molecule is O=C(NCCO)c1nccc2c1CN(Cc1cc(Cl)c(OCC(F)(F)F)nn1)C2=O. The van der Waals surface area contributed by atoms with E-state index < -0.39 is 24.6 Å². The molecule has 2 aromatic rings. The molecule has 0 spiro atoms. The van der Waals surface area contributed by atoms with Gasteiger partial charge in [0.25, 0.3) is 17.7 Å². The Balaban J connectivity index is 1.73. The van der Waals surface area contributed by atoms with E-state index in [0.717, 1.165) is 0 Å². The van der Waals surface area contributed by atoms with Crippen LogP contribution in [0.4, 0.5) is 13.2 Å². The number of halogens is 4. The van der Waals surface area contributed by atoms with Crippen molar-refractivity contribution < 1.29 is 32.6 Å². The van der Waals surface area contributed by atoms with Crippen molar-refractivity contribution in [2.75, 3.05) is 19.8 Å². The molecular formula is C17H15ClF3N5O4. The molecule has 0 saturated heterocycles. The topological polar surface area (TPSA) is 118 Å². The number of pyridine rings is 1. The van der Waals surface area contributed by atoms with Gasteiger partial charge in [-0.1, -0.05) is 11.6 Å². The van der Waals surface area contributed by atoms with E-state index >= 15 is 0 Å². The van der Waals surface area contributed by atoms with Gasteiger partial charge in [0.15, 0.2) is 6.61 Å². The minimum Gasteiger partial charge on any atom is -0.466 e. The number of ether oxygens (including phenoxy) is 1. The molecule has 0 fully saturated rings. The fourth-order valence-electron chi connectivity index (χ4n) is 2.78. The van der Waals surface area contributed by atoms with Crippen molar-refractivity contribution in [1.82, 2.24) is 25.4 Å². The number of aliphatic hydroxyl groups is 1. The summed E-state index contributed by atoms with van der Waals surface area (Å²) < 4.78 is 41.2. The minimum atomic E-state index is -4.55. The highest BCUT2D eigenvalue weighted by atomic mass is 35.5. The van der Waals surface area contributed by atoms with E-state index in [0.29, 0.717) is 11.1 Å². The van der Waals surface area contributed by atoms with Crippen LogP contribution in [0.2, 0.25) is 5.02 Å². The molecule has 1 aliphatic heterocycles. The van der Waals surface area contributed by atoms with Crippen LogP contribution in [-0.4, -0.2) is 62.9 Å². The number of aliphatic hydroxyl groups excluding tert-OH is 1. The summed E-state index contributed by atoms with van der Waals surface area (Å²) >= 11 is 5.90. The molecule has 0 bridgehead atoms. The Morgan fingerprint density at radius 2 is 2.13 bits per heavy atom. The van der Waals surface area contributed by atoms with E-state index in [1.165, 1.54) is 23.2 Å². The van der Waals surface area contributed by atoms with Crippen molar-refractivity contribution in [2.45, 2.75) is 19.3 Å². The first kappa shape index (κ1) is 21.7. The minimum absolute atomic E-state index is 0.0404. The van der Waals surface area contributed by atoms with Crippen LogP contribution in [-0.2, 0) is 13.1 Å². The molecule has 2 N–H and O–H groups in total. The number of rotatable bonds is 7. The Hall–Kier alpha value is -2.99. The summed E-state index contributed by atoms with van der Waals surface area (Å²) in [4.78, 5) is 30.2. The summed E-state index contributed by atoms with van der Waals surface area (Å²) in [5, 5.41) is 18.4. The van der Waals surface area contributed by atoms with Crippen LogP contribution in [0.15, 0.2) is 18.3 Å². The van der Waals surface area contributed by atoms with Crippen LogP contribution in [0.5, 0.6) is 5.88 Å². The van der Waals surface area contributed by atoms with Crippen LogP contribution < -0.4 is 10.1 Å². The van der Waals surface area contributed by atoms with Gasteiger partial charge in [0, 0.05) is 30.4 Å². The smallest absolute Gasteiger partial charge is 0.422 e. The maximum atomic E-state index is 12.7. The molecule has 3 heterocycles. The molecule has 9 nitrogen and oxygen atoms in total. The van der Waals surface area contributed by atoms with Crippen LogP contribution in [0, 0.1) is 0 Å². The molecule has 0 aliphatic carbocycles. The fraction of sp³-hybridized carbons (Fsp3) is 0.353. The van der Waals surface area contributed by atoms with Crippen LogP contribution in [0.1, 0.15) is 32.1 Å². The number of amides is 2. The predicted molar refractivity (Wildman–Crippen MR) is 95.8 cm³/mol. The lowest BCUT2D eigenvalue weighted by Crippen LogP contribution is -2.28. The average molecular weight is 446 g/mol. The molecule has 30 heavy (non-hydrogen) atoms. The number of hydrogen-bond acceptors (Lipinski definition) is 7. The summed E-state index contributed by atoms with van der Waals surface area (Å²) in [5.74, 6) is -1.37. The molecule has 0 saturated carbocycles. The van der Waals surface area contributed by atoms with E-state index in [9.17, 15) is 22.8 Å². The largest absolute Gasteiger partial charge is 0.466 e. The van der Waals surface area contributed by atoms with Gasteiger partial charge in [-0.05, 0) is 12.1 Å². The zero-order chi connectivity index (χ0) is 21.9. The molecule has 0 radical (unpaired) electrons. The zero-order valence-corrected chi connectivity index (χ0v) is 16.0. The zero-order valence-electron chi connectivity index (χ0n) is 15.2. The molecule has 13 heteroatoms. The Morgan fingerprint density at radius 3 is 2.80 bits per heavy atom. The lowest BCUT2D eigenvalue weighted by Gasteiger charge is -2.15. The molecule has 0 aromatic carbocycles. The highest BCUT2D eigenvalue weighted by molar-refractivity contribution is 6.31. The Bertz CT molecular complexity index is 973. The Morgan fingerprint density at radius 1 is 1.37 bits per heavy atom. The molecule has 0 atom stereocenters. The van der Waals surface area contributed by atoms with Gasteiger partial charge in [-0.15, -0.1) is 10.2 Å². The number of aromatic nitrogens is 3. The number of carbonyl (C=O) groups is 2. The summed E-state index contributed by atoms with van der Waals surface area (Å²) in [6.07, 6.45) is -3.22. The number of alkyl halides is 3. The third-order valence-electron chi connectivity index (χ3n) is 4.03. The molecule has 2 aromatic heterocycles. The maximum absolute atomic E-state index is 12.7.